The molecule has 0 bridgehead atoms. The Kier molecular flexibility index (Phi) is 4.72. The summed E-state index contributed by atoms with van der Waals surface area (Å²) in [5.41, 5.74) is 2.62. The van der Waals surface area contributed by atoms with Crippen LogP contribution in [0.5, 0.6) is 0 Å². The van der Waals surface area contributed by atoms with E-state index in [-0.39, 0.29) is 0 Å². The Bertz CT molecular complexity index is 465. The summed E-state index contributed by atoms with van der Waals surface area (Å²) in [6, 6.07) is 2.15. The number of urea groups is 1. The van der Waals surface area contributed by atoms with Crippen molar-refractivity contribution >= 4 is 33.6 Å². The minimum absolute atomic E-state index is 0.536. The number of aryl methyl sites for hydroxylation is 2. The lowest BCUT2D eigenvalue weighted by Crippen LogP contribution is -2.40. The Hall–Kier alpha value is -1.56. The largest absolute Gasteiger partial charge is 0.480 e. The van der Waals surface area contributed by atoms with Crippen LogP contribution in [0, 0.1) is 13.8 Å². The van der Waals surface area contributed by atoms with Crippen LogP contribution < -0.4 is 10.6 Å². The number of carbonyl (C=O) groups is 2. The van der Waals surface area contributed by atoms with E-state index >= 15 is 0 Å². The Morgan fingerprint density at radius 2 is 1.78 bits per heavy atom. The second-order valence-corrected chi connectivity index (χ2v) is 4.88. The molecular formula is C12H15BrN2O3. The average Bonchev–Trinajstić information content (AvgIpc) is 2.25. The molecule has 1 aromatic carbocycles. The van der Waals surface area contributed by atoms with E-state index in [0.717, 1.165) is 15.6 Å². The van der Waals surface area contributed by atoms with Gasteiger partial charge in [0.2, 0.25) is 0 Å². The van der Waals surface area contributed by atoms with E-state index in [4.69, 9.17) is 5.11 Å². The lowest BCUT2D eigenvalue weighted by Gasteiger charge is -2.12. The summed E-state index contributed by atoms with van der Waals surface area (Å²) in [4.78, 5) is 22.1. The van der Waals surface area contributed by atoms with Crippen LogP contribution in [-0.4, -0.2) is 23.1 Å². The molecule has 1 atom stereocenters. The molecule has 1 aromatic rings. The van der Waals surface area contributed by atoms with Gasteiger partial charge in [0.1, 0.15) is 6.04 Å². The van der Waals surface area contributed by atoms with Crippen molar-refractivity contribution in [2.45, 2.75) is 26.8 Å². The Morgan fingerprint density at radius 1 is 1.28 bits per heavy atom. The first kappa shape index (κ1) is 14.5. The van der Waals surface area contributed by atoms with Crippen molar-refractivity contribution in [2.75, 3.05) is 5.32 Å². The van der Waals surface area contributed by atoms with Crippen LogP contribution in [0.4, 0.5) is 10.5 Å². The van der Waals surface area contributed by atoms with E-state index in [1.54, 1.807) is 0 Å². The zero-order valence-electron chi connectivity index (χ0n) is 10.4. The first-order valence-corrected chi connectivity index (χ1v) is 6.17. The monoisotopic (exact) mass is 314 g/mol. The van der Waals surface area contributed by atoms with Crippen LogP contribution in [0.2, 0.25) is 0 Å². The molecule has 0 heterocycles. The quantitative estimate of drug-likeness (QED) is 0.802. The van der Waals surface area contributed by atoms with Crippen molar-refractivity contribution < 1.29 is 14.7 Å². The standard InChI is InChI=1S/C12H15BrN2O3/c1-6-4-9(5-7(2)10(6)13)15-12(18)14-8(3)11(16)17/h4-5,8H,1-3H3,(H,16,17)(H2,14,15,18). The minimum atomic E-state index is -1.08. The van der Waals surface area contributed by atoms with Crippen molar-refractivity contribution in [3.8, 4) is 0 Å². The molecule has 0 aromatic heterocycles. The number of hydrogen-bond donors (Lipinski definition) is 3. The third kappa shape index (κ3) is 3.73. The van der Waals surface area contributed by atoms with Gasteiger partial charge >= 0.3 is 12.0 Å². The highest BCUT2D eigenvalue weighted by Crippen LogP contribution is 2.24. The molecule has 0 aliphatic heterocycles. The fraction of sp³-hybridized carbons (Fsp3) is 0.333. The molecule has 18 heavy (non-hydrogen) atoms. The minimum Gasteiger partial charge on any atom is -0.480 e. The highest BCUT2D eigenvalue weighted by atomic mass is 79.9. The fourth-order valence-corrected chi connectivity index (χ4v) is 1.67. The van der Waals surface area contributed by atoms with Crippen molar-refractivity contribution in [2.24, 2.45) is 0 Å². The number of rotatable bonds is 3. The van der Waals surface area contributed by atoms with E-state index in [2.05, 4.69) is 26.6 Å². The van der Waals surface area contributed by atoms with Gasteiger partial charge < -0.3 is 15.7 Å². The molecule has 2 amide bonds. The van der Waals surface area contributed by atoms with Crippen LogP contribution in [0.25, 0.3) is 0 Å². The predicted octanol–water partition coefficient (Wildman–Crippen LogP) is 2.66. The fourth-order valence-electron chi connectivity index (χ4n) is 1.44. The summed E-state index contributed by atoms with van der Waals surface area (Å²) in [5.74, 6) is -1.08. The van der Waals surface area contributed by atoms with E-state index in [9.17, 15) is 9.59 Å². The van der Waals surface area contributed by atoms with Gasteiger partial charge in [-0.1, -0.05) is 15.9 Å². The van der Waals surface area contributed by atoms with E-state index in [1.165, 1.54) is 6.92 Å². The van der Waals surface area contributed by atoms with Crippen LogP contribution in [0.1, 0.15) is 18.1 Å². The molecule has 5 nitrogen and oxygen atoms in total. The molecule has 0 fully saturated rings. The van der Waals surface area contributed by atoms with Crippen LogP contribution in [0.15, 0.2) is 16.6 Å². The molecular weight excluding hydrogens is 300 g/mol. The number of carboxylic acid groups (broad SMARTS) is 1. The molecule has 6 heteroatoms. The summed E-state index contributed by atoms with van der Waals surface area (Å²) in [6.45, 7) is 5.24. The molecule has 1 unspecified atom stereocenters. The maximum atomic E-state index is 11.5. The van der Waals surface area contributed by atoms with Gasteiger partial charge in [0.15, 0.2) is 0 Å². The number of aliphatic carboxylic acids is 1. The highest BCUT2D eigenvalue weighted by Gasteiger charge is 2.14. The maximum Gasteiger partial charge on any atom is 0.325 e. The Morgan fingerprint density at radius 3 is 2.22 bits per heavy atom. The number of hydrogen-bond acceptors (Lipinski definition) is 2. The van der Waals surface area contributed by atoms with E-state index in [1.807, 2.05) is 26.0 Å². The number of anilines is 1. The smallest absolute Gasteiger partial charge is 0.325 e. The van der Waals surface area contributed by atoms with Crippen molar-refractivity contribution in [1.29, 1.82) is 0 Å². The number of halogens is 1. The first-order valence-electron chi connectivity index (χ1n) is 5.38. The van der Waals surface area contributed by atoms with Gasteiger partial charge in [0, 0.05) is 10.2 Å². The number of carbonyl (C=O) groups excluding carboxylic acids is 1. The summed E-state index contributed by atoms with van der Waals surface area (Å²) >= 11 is 3.43. The van der Waals surface area contributed by atoms with Gasteiger partial charge in [-0.05, 0) is 44.0 Å². The zero-order valence-corrected chi connectivity index (χ0v) is 12.0. The second-order valence-electron chi connectivity index (χ2n) is 4.08. The molecule has 0 radical (unpaired) electrons. The molecule has 98 valence electrons. The van der Waals surface area contributed by atoms with Crippen molar-refractivity contribution in [3.05, 3.63) is 27.7 Å². The van der Waals surface area contributed by atoms with E-state index < -0.39 is 18.0 Å². The molecule has 0 spiro atoms. The number of benzene rings is 1. The molecule has 3 N–H and O–H groups in total. The second kappa shape index (κ2) is 5.86. The van der Waals surface area contributed by atoms with Crippen molar-refractivity contribution in [3.63, 3.8) is 0 Å². The molecule has 0 saturated heterocycles. The van der Waals surface area contributed by atoms with Crippen molar-refractivity contribution in [1.82, 2.24) is 5.32 Å². The zero-order chi connectivity index (χ0) is 13.9. The number of amides is 2. The van der Waals surface area contributed by atoms with Crippen LogP contribution in [0.3, 0.4) is 0 Å². The summed E-state index contributed by atoms with van der Waals surface area (Å²) in [7, 11) is 0. The van der Waals surface area contributed by atoms with Crippen LogP contribution >= 0.6 is 15.9 Å². The topological polar surface area (TPSA) is 78.4 Å². The van der Waals surface area contributed by atoms with Crippen LogP contribution in [-0.2, 0) is 4.79 Å². The number of carboxylic acids is 1. The summed E-state index contributed by atoms with van der Waals surface area (Å²) in [5, 5.41) is 13.6. The van der Waals surface area contributed by atoms with Gasteiger partial charge in [-0.15, -0.1) is 0 Å². The lowest BCUT2D eigenvalue weighted by molar-refractivity contribution is -0.138. The summed E-state index contributed by atoms with van der Waals surface area (Å²) < 4.78 is 0.993. The Labute approximate surface area is 114 Å². The van der Waals surface area contributed by atoms with Gasteiger partial charge in [-0.2, -0.15) is 0 Å². The van der Waals surface area contributed by atoms with Gasteiger partial charge in [0.05, 0.1) is 0 Å². The predicted molar refractivity (Wildman–Crippen MR) is 72.9 cm³/mol. The van der Waals surface area contributed by atoms with Gasteiger partial charge in [0.25, 0.3) is 0 Å². The molecule has 0 aliphatic carbocycles. The summed E-state index contributed by atoms with van der Waals surface area (Å²) in [6.07, 6.45) is 0. The first-order chi connectivity index (χ1) is 8.31. The van der Waals surface area contributed by atoms with Gasteiger partial charge in [-0.25, -0.2) is 4.79 Å². The molecule has 0 aliphatic rings. The third-order valence-corrected chi connectivity index (χ3v) is 3.66. The normalized spacial score (nSPS) is 11.8. The molecule has 1 rings (SSSR count). The van der Waals surface area contributed by atoms with E-state index in [0.29, 0.717) is 5.69 Å². The van der Waals surface area contributed by atoms with Gasteiger partial charge in [-0.3, -0.25) is 4.79 Å². The third-order valence-electron chi connectivity index (χ3n) is 2.41. The lowest BCUT2D eigenvalue weighted by atomic mass is 10.1. The highest BCUT2D eigenvalue weighted by molar-refractivity contribution is 9.10. The number of nitrogens with one attached hydrogen (secondary N) is 2. The molecule has 0 saturated carbocycles. The SMILES string of the molecule is Cc1cc(NC(=O)NC(C)C(=O)O)cc(C)c1Br. The Balaban J connectivity index is 2.74. The average molecular weight is 315 g/mol. The maximum absolute atomic E-state index is 11.5.